The van der Waals surface area contributed by atoms with E-state index >= 15 is 0 Å². The van der Waals surface area contributed by atoms with Crippen LogP contribution in [0.2, 0.25) is 19.6 Å². The predicted octanol–water partition coefficient (Wildman–Crippen LogP) is 3.56. The number of hydrogen-bond donors (Lipinski definition) is 0. The second-order valence-electron chi connectivity index (χ2n) is 4.78. The minimum absolute atomic E-state index is 0.296. The lowest BCUT2D eigenvalue weighted by molar-refractivity contribution is -0.138. The van der Waals surface area contributed by atoms with Gasteiger partial charge in [0.1, 0.15) is 0 Å². The largest absolute Gasteiger partial charge is 0.416 e. The normalized spacial score (nSPS) is 13.0. The first-order chi connectivity index (χ1) is 6.62. The third-order valence-corrected chi connectivity index (χ3v) is 4.45. The van der Waals surface area contributed by atoms with Crippen molar-refractivity contribution < 1.29 is 13.2 Å². The molecule has 0 nitrogen and oxygen atoms in total. The lowest BCUT2D eigenvalue weighted by atomic mass is 10.1. The monoisotopic (exact) mass is 232 g/mol. The van der Waals surface area contributed by atoms with E-state index in [0.29, 0.717) is 5.56 Å². The zero-order valence-corrected chi connectivity index (χ0v) is 10.4. The van der Waals surface area contributed by atoms with Gasteiger partial charge in [-0.1, -0.05) is 43.0 Å². The van der Waals surface area contributed by atoms with Gasteiger partial charge in [0.05, 0.1) is 13.6 Å². The third-order valence-electron chi connectivity index (χ3n) is 2.41. The lowest BCUT2D eigenvalue weighted by Gasteiger charge is -2.19. The molecule has 0 heterocycles. The molecule has 15 heavy (non-hydrogen) atoms. The second kappa shape index (κ2) is 3.67. The molecule has 1 rings (SSSR count). The topological polar surface area (TPSA) is 0 Å². The van der Waals surface area contributed by atoms with Crippen LogP contribution in [-0.4, -0.2) is 8.07 Å². The van der Waals surface area contributed by atoms with Crippen molar-refractivity contribution in [2.75, 3.05) is 0 Å². The SMILES string of the molecule is Cc1ccc([Si](C)(C)C)cc1C(F)(F)F. The Morgan fingerprint density at radius 2 is 1.60 bits per heavy atom. The number of alkyl halides is 3. The molecular formula is C11H15F3Si. The van der Waals surface area contributed by atoms with E-state index in [2.05, 4.69) is 0 Å². The molecule has 1 aromatic carbocycles. The van der Waals surface area contributed by atoms with E-state index in [0.717, 1.165) is 5.19 Å². The highest BCUT2D eigenvalue weighted by Gasteiger charge is 2.33. The molecule has 0 aliphatic heterocycles. The van der Waals surface area contributed by atoms with Crippen molar-refractivity contribution in [3.63, 3.8) is 0 Å². The van der Waals surface area contributed by atoms with E-state index in [-0.39, 0.29) is 0 Å². The van der Waals surface area contributed by atoms with Crippen molar-refractivity contribution in [3.05, 3.63) is 29.3 Å². The molecule has 0 spiro atoms. The van der Waals surface area contributed by atoms with Crippen molar-refractivity contribution in [1.29, 1.82) is 0 Å². The molecule has 0 radical (unpaired) electrons. The Kier molecular flexibility index (Phi) is 3.00. The molecule has 0 aliphatic rings. The first-order valence-electron chi connectivity index (χ1n) is 4.80. The number of rotatable bonds is 1. The summed E-state index contributed by atoms with van der Waals surface area (Å²) in [5.74, 6) is 0. The lowest BCUT2D eigenvalue weighted by Crippen LogP contribution is -2.38. The van der Waals surface area contributed by atoms with E-state index in [4.69, 9.17) is 0 Å². The standard InChI is InChI=1S/C11H15F3Si/c1-8-5-6-9(15(2,3)4)7-10(8)11(12,13)14/h5-7H,1-4H3. The molecule has 0 aromatic heterocycles. The summed E-state index contributed by atoms with van der Waals surface area (Å²) in [6.07, 6.45) is -4.24. The van der Waals surface area contributed by atoms with Gasteiger partial charge in [-0.3, -0.25) is 0 Å². The van der Waals surface area contributed by atoms with Crippen LogP contribution >= 0.6 is 0 Å². The molecule has 0 bridgehead atoms. The van der Waals surface area contributed by atoms with Crippen LogP contribution in [0.5, 0.6) is 0 Å². The minimum atomic E-state index is -4.24. The first kappa shape index (κ1) is 12.3. The molecule has 0 amide bonds. The molecule has 4 heteroatoms. The van der Waals surface area contributed by atoms with Gasteiger partial charge in [0, 0.05) is 0 Å². The van der Waals surface area contributed by atoms with E-state index < -0.39 is 19.8 Å². The van der Waals surface area contributed by atoms with Crippen molar-refractivity contribution in [2.45, 2.75) is 32.7 Å². The molecule has 84 valence electrons. The van der Waals surface area contributed by atoms with Crippen molar-refractivity contribution in [2.24, 2.45) is 0 Å². The van der Waals surface area contributed by atoms with Gasteiger partial charge < -0.3 is 0 Å². The first-order valence-corrected chi connectivity index (χ1v) is 8.30. The van der Waals surface area contributed by atoms with Gasteiger partial charge in [0.2, 0.25) is 0 Å². The van der Waals surface area contributed by atoms with E-state index in [1.165, 1.54) is 13.0 Å². The third kappa shape index (κ3) is 2.84. The Morgan fingerprint density at radius 1 is 1.07 bits per heavy atom. The van der Waals surface area contributed by atoms with Gasteiger partial charge in [-0.05, 0) is 12.5 Å². The van der Waals surface area contributed by atoms with Crippen LogP contribution in [-0.2, 0) is 6.18 Å². The molecule has 1 aromatic rings. The van der Waals surface area contributed by atoms with Gasteiger partial charge in [-0.25, -0.2) is 0 Å². The summed E-state index contributed by atoms with van der Waals surface area (Å²) in [6, 6.07) is 4.69. The molecule has 0 fully saturated rings. The van der Waals surface area contributed by atoms with E-state index in [1.807, 2.05) is 25.7 Å². The number of hydrogen-bond acceptors (Lipinski definition) is 0. The highest BCUT2D eigenvalue weighted by atomic mass is 28.3. The van der Waals surface area contributed by atoms with Gasteiger partial charge in [0.25, 0.3) is 0 Å². The van der Waals surface area contributed by atoms with Gasteiger partial charge in [0.15, 0.2) is 0 Å². The number of halogens is 3. The molecule has 0 aliphatic carbocycles. The van der Waals surface area contributed by atoms with Gasteiger partial charge in [-0.15, -0.1) is 0 Å². The summed E-state index contributed by atoms with van der Waals surface area (Å²) < 4.78 is 37.9. The Morgan fingerprint density at radius 3 is 2.00 bits per heavy atom. The second-order valence-corrected chi connectivity index (χ2v) is 9.85. The fourth-order valence-corrected chi connectivity index (χ4v) is 2.55. The summed E-state index contributed by atoms with van der Waals surface area (Å²) in [6.45, 7) is 7.62. The van der Waals surface area contributed by atoms with Crippen molar-refractivity contribution >= 4 is 13.3 Å². The molecule has 0 unspecified atom stereocenters. The Balaban J connectivity index is 3.30. The van der Waals surface area contributed by atoms with E-state index in [1.54, 1.807) is 6.07 Å². The summed E-state index contributed by atoms with van der Waals surface area (Å²) in [5, 5.41) is 0.848. The quantitative estimate of drug-likeness (QED) is 0.649. The molecular weight excluding hydrogens is 217 g/mol. The van der Waals surface area contributed by atoms with Crippen molar-refractivity contribution in [1.82, 2.24) is 0 Å². The number of aryl methyl sites for hydroxylation is 1. The zero-order valence-electron chi connectivity index (χ0n) is 9.37. The maximum absolute atomic E-state index is 12.6. The molecule has 0 saturated carbocycles. The zero-order chi connectivity index (χ0) is 11.9. The Hall–Kier alpha value is -0.773. The highest BCUT2D eigenvalue weighted by molar-refractivity contribution is 6.88. The predicted molar refractivity (Wildman–Crippen MR) is 59.2 cm³/mol. The van der Waals surface area contributed by atoms with Crippen LogP contribution in [0.1, 0.15) is 11.1 Å². The fourth-order valence-electron chi connectivity index (χ4n) is 1.39. The summed E-state index contributed by atoms with van der Waals surface area (Å²) in [5.41, 5.74) is -0.202. The summed E-state index contributed by atoms with van der Waals surface area (Å²) in [7, 11) is -1.67. The van der Waals surface area contributed by atoms with Crippen LogP contribution in [0.4, 0.5) is 13.2 Å². The van der Waals surface area contributed by atoms with Crippen LogP contribution in [0.15, 0.2) is 18.2 Å². The van der Waals surface area contributed by atoms with Gasteiger partial charge in [-0.2, -0.15) is 13.2 Å². The maximum atomic E-state index is 12.6. The Labute approximate surface area is 89.1 Å². The van der Waals surface area contributed by atoms with Crippen LogP contribution in [0, 0.1) is 6.92 Å². The minimum Gasteiger partial charge on any atom is -0.166 e. The average molecular weight is 232 g/mol. The summed E-state index contributed by atoms with van der Waals surface area (Å²) in [4.78, 5) is 0. The van der Waals surface area contributed by atoms with Crippen molar-refractivity contribution in [3.8, 4) is 0 Å². The van der Waals surface area contributed by atoms with Crippen LogP contribution in [0.25, 0.3) is 0 Å². The average Bonchev–Trinajstić information content (AvgIpc) is 2.00. The fraction of sp³-hybridized carbons (Fsp3) is 0.455. The summed E-state index contributed by atoms with van der Waals surface area (Å²) >= 11 is 0. The van der Waals surface area contributed by atoms with Crippen LogP contribution in [0.3, 0.4) is 0 Å². The van der Waals surface area contributed by atoms with E-state index in [9.17, 15) is 13.2 Å². The smallest absolute Gasteiger partial charge is 0.166 e. The van der Waals surface area contributed by atoms with Gasteiger partial charge >= 0.3 is 6.18 Å². The number of benzene rings is 1. The maximum Gasteiger partial charge on any atom is 0.416 e. The van der Waals surface area contributed by atoms with Crippen LogP contribution < -0.4 is 5.19 Å². The molecule has 0 saturated heterocycles. The highest BCUT2D eigenvalue weighted by Crippen LogP contribution is 2.31. The molecule has 0 atom stereocenters. The molecule has 0 N–H and O–H groups in total. The Bertz CT molecular complexity index is 361.